The molecule has 2 aliphatic carbocycles. The van der Waals surface area contributed by atoms with Gasteiger partial charge in [0, 0.05) is 19.1 Å². The summed E-state index contributed by atoms with van der Waals surface area (Å²) in [6, 6.07) is 0.0674. The molecule has 4 unspecified atom stereocenters. The molecule has 0 radical (unpaired) electrons. The Morgan fingerprint density at radius 3 is 2.48 bits per heavy atom. The van der Waals surface area contributed by atoms with Crippen molar-refractivity contribution in [3.05, 3.63) is 0 Å². The van der Waals surface area contributed by atoms with Crippen LogP contribution in [-0.4, -0.2) is 41.1 Å². The highest BCUT2D eigenvalue weighted by molar-refractivity contribution is 5.75. The molecule has 1 heterocycles. The van der Waals surface area contributed by atoms with E-state index in [2.05, 4.69) is 5.32 Å². The summed E-state index contributed by atoms with van der Waals surface area (Å²) in [7, 11) is 0. The number of carboxylic acids is 1. The third-order valence-corrected chi connectivity index (χ3v) is 5.69. The van der Waals surface area contributed by atoms with Gasteiger partial charge in [0.05, 0.1) is 5.92 Å². The fourth-order valence-electron chi connectivity index (χ4n) is 4.39. The molecule has 0 aromatic heterocycles. The molecule has 1 aliphatic heterocycles. The molecule has 5 nitrogen and oxygen atoms in total. The molecule has 21 heavy (non-hydrogen) atoms. The van der Waals surface area contributed by atoms with Gasteiger partial charge in [0.15, 0.2) is 0 Å². The summed E-state index contributed by atoms with van der Waals surface area (Å²) in [5.41, 5.74) is 0. The van der Waals surface area contributed by atoms with Crippen LogP contribution in [0.3, 0.4) is 0 Å². The zero-order valence-corrected chi connectivity index (χ0v) is 12.6. The molecule has 5 heteroatoms. The molecule has 4 atom stereocenters. The van der Waals surface area contributed by atoms with Gasteiger partial charge in [0.1, 0.15) is 0 Å². The van der Waals surface area contributed by atoms with E-state index < -0.39 is 5.97 Å². The van der Waals surface area contributed by atoms with E-state index in [9.17, 15) is 9.59 Å². The van der Waals surface area contributed by atoms with E-state index >= 15 is 0 Å². The predicted octanol–water partition coefficient (Wildman–Crippen LogP) is 2.46. The lowest BCUT2D eigenvalue weighted by atomic mass is 9.75. The summed E-state index contributed by atoms with van der Waals surface area (Å²) in [6.07, 6.45) is 8.46. The zero-order valence-electron chi connectivity index (χ0n) is 12.6. The first-order chi connectivity index (χ1) is 10.1. The van der Waals surface area contributed by atoms with Crippen LogP contribution in [0.1, 0.15) is 51.4 Å². The van der Waals surface area contributed by atoms with Crippen LogP contribution in [0.2, 0.25) is 0 Å². The van der Waals surface area contributed by atoms with E-state index in [-0.39, 0.29) is 18.0 Å². The quantitative estimate of drug-likeness (QED) is 0.822. The summed E-state index contributed by atoms with van der Waals surface area (Å²) in [5.74, 6) is 0.508. The van der Waals surface area contributed by atoms with Gasteiger partial charge in [-0.3, -0.25) is 4.79 Å². The first-order valence-corrected chi connectivity index (χ1v) is 8.41. The zero-order chi connectivity index (χ0) is 14.8. The summed E-state index contributed by atoms with van der Waals surface area (Å²) in [5, 5.41) is 12.1. The van der Waals surface area contributed by atoms with Gasteiger partial charge >= 0.3 is 12.0 Å². The molecule has 3 aliphatic rings. The number of hydrogen-bond acceptors (Lipinski definition) is 2. The van der Waals surface area contributed by atoms with Crippen molar-refractivity contribution in [2.45, 2.75) is 57.4 Å². The van der Waals surface area contributed by atoms with E-state index in [0.29, 0.717) is 18.8 Å². The van der Waals surface area contributed by atoms with Crippen molar-refractivity contribution in [1.29, 1.82) is 0 Å². The number of carbonyl (C=O) groups excluding carboxylic acids is 1. The van der Waals surface area contributed by atoms with Crippen LogP contribution in [-0.2, 0) is 4.79 Å². The normalized spacial score (nSPS) is 36.1. The first kappa shape index (κ1) is 14.7. The van der Waals surface area contributed by atoms with Crippen molar-refractivity contribution in [2.24, 2.45) is 17.8 Å². The maximum atomic E-state index is 12.4. The van der Waals surface area contributed by atoms with Gasteiger partial charge in [-0.25, -0.2) is 4.79 Å². The summed E-state index contributed by atoms with van der Waals surface area (Å²) in [4.78, 5) is 25.3. The molecule has 2 saturated carbocycles. The SMILES string of the molecule is O=C(O)C1CCC(NC(=O)N2CCC3CCCCC3C2)C1. The van der Waals surface area contributed by atoms with Crippen molar-refractivity contribution in [3.63, 3.8) is 0 Å². The van der Waals surface area contributed by atoms with Crippen LogP contribution in [0.15, 0.2) is 0 Å². The number of carboxylic acid groups (broad SMARTS) is 1. The highest BCUT2D eigenvalue weighted by Crippen LogP contribution is 2.36. The van der Waals surface area contributed by atoms with Crippen LogP contribution in [0.25, 0.3) is 0 Å². The molecule has 118 valence electrons. The number of nitrogens with zero attached hydrogens (tertiary/aromatic N) is 1. The third-order valence-electron chi connectivity index (χ3n) is 5.69. The van der Waals surface area contributed by atoms with Gasteiger partial charge < -0.3 is 15.3 Å². The van der Waals surface area contributed by atoms with Crippen molar-refractivity contribution >= 4 is 12.0 Å². The Bertz CT molecular complexity index is 412. The van der Waals surface area contributed by atoms with Gasteiger partial charge in [-0.2, -0.15) is 0 Å². The van der Waals surface area contributed by atoms with Crippen LogP contribution in [0, 0.1) is 17.8 Å². The van der Waals surface area contributed by atoms with E-state index in [4.69, 9.17) is 5.11 Å². The number of rotatable bonds is 2. The Hall–Kier alpha value is -1.26. The minimum absolute atomic E-state index is 0.0232. The van der Waals surface area contributed by atoms with Gasteiger partial charge in [-0.1, -0.05) is 19.3 Å². The number of amides is 2. The fraction of sp³-hybridized carbons (Fsp3) is 0.875. The molecule has 2 N–H and O–H groups in total. The smallest absolute Gasteiger partial charge is 0.317 e. The minimum atomic E-state index is -0.727. The Balaban J connectivity index is 1.48. The van der Waals surface area contributed by atoms with E-state index in [1.54, 1.807) is 0 Å². The third kappa shape index (κ3) is 3.33. The summed E-state index contributed by atoms with van der Waals surface area (Å²) in [6.45, 7) is 1.76. The largest absolute Gasteiger partial charge is 0.481 e. The molecule has 0 aromatic rings. The molecular formula is C16H26N2O3. The molecule has 2 amide bonds. The molecule has 0 bridgehead atoms. The monoisotopic (exact) mass is 294 g/mol. The van der Waals surface area contributed by atoms with Crippen molar-refractivity contribution in [1.82, 2.24) is 10.2 Å². The lowest BCUT2D eigenvalue weighted by Crippen LogP contribution is -2.50. The molecule has 1 saturated heterocycles. The highest BCUT2D eigenvalue weighted by atomic mass is 16.4. The Morgan fingerprint density at radius 1 is 1.00 bits per heavy atom. The second kappa shape index (κ2) is 6.24. The number of nitrogens with one attached hydrogen (secondary N) is 1. The number of urea groups is 1. The van der Waals surface area contributed by atoms with Crippen LogP contribution < -0.4 is 5.32 Å². The van der Waals surface area contributed by atoms with E-state index in [0.717, 1.165) is 31.8 Å². The number of carbonyl (C=O) groups is 2. The molecule has 3 fully saturated rings. The number of likely N-dealkylation sites (tertiary alicyclic amines) is 1. The lowest BCUT2D eigenvalue weighted by molar-refractivity contribution is -0.141. The topological polar surface area (TPSA) is 69.6 Å². The number of fused-ring (bicyclic) bond motifs is 1. The maximum absolute atomic E-state index is 12.4. The summed E-state index contributed by atoms with van der Waals surface area (Å²) >= 11 is 0. The second-order valence-electron chi connectivity index (χ2n) is 7.03. The molecule has 0 spiro atoms. The van der Waals surface area contributed by atoms with Gasteiger partial charge in [-0.15, -0.1) is 0 Å². The van der Waals surface area contributed by atoms with E-state index in [1.165, 1.54) is 25.7 Å². The van der Waals surface area contributed by atoms with Gasteiger partial charge in [0.2, 0.25) is 0 Å². The van der Waals surface area contributed by atoms with Crippen LogP contribution in [0.4, 0.5) is 4.79 Å². The lowest BCUT2D eigenvalue weighted by Gasteiger charge is -2.41. The van der Waals surface area contributed by atoms with Crippen LogP contribution >= 0.6 is 0 Å². The predicted molar refractivity (Wildman–Crippen MR) is 78.9 cm³/mol. The fourth-order valence-corrected chi connectivity index (χ4v) is 4.39. The van der Waals surface area contributed by atoms with Gasteiger partial charge in [0.25, 0.3) is 0 Å². The van der Waals surface area contributed by atoms with Crippen molar-refractivity contribution < 1.29 is 14.7 Å². The highest BCUT2D eigenvalue weighted by Gasteiger charge is 2.35. The average Bonchev–Trinajstić information content (AvgIpc) is 2.95. The Labute approximate surface area is 126 Å². The minimum Gasteiger partial charge on any atom is -0.481 e. The summed E-state index contributed by atoms with van der Waals surface area (Å²) < 4.78 is 0. The molecular weight excluding hydrogens is 268 g/mol. The van der Waals surface area contributed by atoms with Gasteiger partial charge in [-0.05, 0) is 43.9 Å². The average molecular weight is 294 g/mol. The maximum Gasteiger partial charge on any atom is 0.317 e. The number of piperidine rings is 1. The van der Waals surface area contributed by atoms with Crippen LogP contribution in [0.5, 0.6) is 0 Å². The molecule has 0 aromatic carbocycles. The molecule has 3 rings (SSSR count). The Kier molecular flexibility index (Phi) is 4.36. The number of aliphatic carboxylic acids is 1. The van der Waals surface area contributed by atoms with Crippen molar-refractivity contribution in [2.75, 3.05) is 13.1 Å². The van der Waals surface area contributed by atoms with E-state index in [1.807, 2.05) is 4.90 Å². The first-order valence-electron chi connectivity index (χ1n) is 8.41. The second-order valence-corrected chi connectivity index (χ2v) is 7.03. The standard InChI is InChI=1S/C16H26N2O3/c19-15(20)12-5-6-14(9-12)17-16(21)18-8-7-11-3-1-2-4-13(11)10-18/h11-14H,1-10H2,(H,17,21)(H,19,20). The Morgan fingerprint density at radius 2 is 1.76 bits per heavy atom. The number of hydrogen-bond donors (Lipinski definition) is 2. The van der Waals surface area contributed by atoms with Crippen molar-refractivity contribution in [3.8, 4) is 0 Å².